The lowest BCUT2D eigenvalue weighted by Gasteiger charge is -2.67. The van der Waals surface area contributed by atoms with Gasteiger partial charge in [-0.15, -0.1) is 0 Å². The van der Waals surface area contributed by atoms with Gasteiger partial charge >= 0.3 is 5.97 Å². The van der Waals surface area contributed by atoms with Gasteiger partial charge in [0.25, 0.3) is 0 Å². The second-order valence-corrected chi connectivity index (χ2v) is 15.9. The summed E-state index contributed by atoms with van der Waals surface area (Å²) < 4.78 is 13.3. The third-order valence-electron chi connectivity index (χ3n) is 14.3. The number of carbonyl (C=O) groups excluding carboxylic acids is 1. The number of hydrogen-bond acceptors (Lipinski definition) is 6. The van der Waals surface area contributed by atoms with Crippen LogP contribution >= 0.6 is 0 Å². The molecule has 0 aliphatic carbocycles. The maximum atomic E-state index is 13.9. The summed E-state index contributed by atoms with van der Waals surface area (Å²) in [6.07, 6.45) is 12.5. The van der Waals surface area contributed by atoms with Gasteiger partial charge in [0.15, 0.2) is 0 Å². The first-order valence-corrected chi connectivity index (χ1v) is 18.4. The number of rotatable bonds is 2. The lowest BCUT2D eigenvalue weighted by molar-refractivity contribution is -0.170. The fraction of sp³-hybridized carbons (Fsp3) is 0.575. The molecule has 4 bridgehead atoms. The Morgan fingerprint density at radius 3 is 2.87 bits per heavy atom. The molecule has 8 heterocycles. The zero-order chi connectivity index (χ0) is 31.7. The highest BCUT2D eigenvalue weighted by Crippen LogP contribution is 2.67. The van der Waals surface area contributed by atoms with Crippen molar-refractivity contribution in [2.75, 3.05) is 44.7 Å². The molecule has 1 spiro atoms. The molecule has 1 N–H and O–H groups in total. The van der Waals surface area contributed by atoms with Gasteiger partial charge in [0.05, 0.1) is 18.6 Å². The van der Waals surface area contributed by atoms with Gasteiger partial charge < -0.3 is 24.3 Å². The van der Waals surface area contributed by atoms with E-state index in [0.29, 0.717) is 5.41 Å². The van der Waals surface area contributed by atoms with Crippen LogP contribution in [0.1, 0.15) is 74.8 Å². The predicted molar refractivity (Wildman–Crippen MR) is 184 cm³/mol. The van der Waals surface area contributed by atoms with Crippen LogP contribution in [0.3, 0.4) is 0 Å². The average Bonchev–Trinajstić information content (AvgIpc) is 3.58. The lowest BCUT2D eigenvalue weighted by atomic mass is 9.57. The van der Waals surface area contributed by atoms with Gasteiger partial charge in [0.1, 0.15) is 11.8 Å². The quantitative estimate of drug-likeness (QED) is 0.271. The number of para-hydroxylation sites is 1. The van der Waals surface area contributed by atoms with E-state index in [1.165, 1.54) is 77.6 Å². The van der Waals surface area contributed by atoms with Crippen LogP contribution in [-0.4, -0.2) is 78.4 Å². The van der Waals surface area contributed by atoms with Crippen molar-refractivity contribution in [3.8, 4) is 5.75 Å². The normalized spacial score (nSPS) is 37.5. The van der Waals surface area contributed by atoms with Gasteiger partial charge in [-0.05, 0) is 105 Å². The smallest absolute Gasteiger partial charge is 0.329 e. The van der Waals surface area contributed by atoms with Crippen LogP contribution in [0.5, 0.6) is 5.75 Å². The number of methoxy groups -OCH3 is 1. The van der Waals surface area contributed by atoms with Crippen molar-refractivity contribution >= 4 is 22.6 Å². The van der Waals surface area contributed by atoms with E-state index in [1.54, 1.807) is 7.11 Å². The van der Waals surface area contributed by atoms with Crippen molar-refractivity contribution in [2.45, 2.75) is 94.9 Å². The molecule has 2 aromatic carbocycles. The number of nitrogens with zero attached hydrogens (tertiary/aromatic N) is 3. The molecular formula is C40H48N4O3. The molecule has 7 aliphatic rings. The molecular weight excluding hydrogens is 584 g/mol. The molecule has 7 atom stereocenters. The lowest BCUT2D eigenvalue weighted by Crippen LogP contribution is -2.83. The van der Waals surface area contributed by atoms with Crippen LogP contribution in [-0.2, 0) is 34.2 Å². The van der Waals surface area contributed by atoms with Gasteiger partial charge in [-0.2, -0.15) is 0 Å². The SMILES string of the molecule is C/C=C1/CN2CC[C@]34Cc5cc6c7c([nH]c6cc5O[C@]35[C@H]2C[C@H]1[C@@H](C(=O)OC)N5c1ccccc14)CC[C@@]1(CC)CCCN(CC7)C1. The molecule has 7 aliphatic heterocycles. The molecule has 7 nitrogen and oxygen atoms in total. The van der Waals surface area contributed by atoms with Crippen molar-refractivity contribution in [3.63, 3.8) is 0 Å². The van der Waals surface area contributed by atoms with E-state index in [1.807, 2.05) is 0 Å². The largest absolute Gasteiger partial charge is 0.467 e. The summed E-state index contributed by atoms with van der Waals surface area (Å²) in [7, 11) is 1.55. The first kappa shape index (κ1) is 28.7. The third kappa shape index (κ3) is 3.58. The van der Waals surface area contributed by atoms with Crippen LogP contribution < -0.4 is 9.64 Å². The number of aromatic nitrogens is 1. The van der Waals surface area contributed by atoms with Crippen LogP contribution in [0.4, 0.5) is 5.69 Å². The van der Waals surface area contributed by atoms with Crippen LogP contribution in [0.2, 0.25) is 0 Å². The molecule has 7 heteroatoms. The molecule has 1 aromatic heterocycles. The number of piperidine rings is 4. The summed E-state index contributed by atoms with van der Waals surface area (Å²) in [4.78, 5) is 25.7. The fourth-order valence-corrected chi connectivity index (χ4v) is 12.0. The Morgan fingerprint density at radius 1 is 1.13 bits per heavy atom. The van der Waals surface area contributed by atoms with Crippen LogP contribution in [0.25, 0.3) is 10.9 Å². The maximum absolute atomic E-state index is 13.9. The van der Waals surface area contributed by atoms with Crippen molar-refractivity contribution < 1.29 is 14.3 Å². The highest BCUT2D eigenvalue weighted by molar-refractivity contribution is 5.89. The predicted octanol–water partition coefficient (Wildman–Crippen LogP) is 6.13. The number of benzene rings is 2. The molecule has 4 saturated heterocycles. The molecule has 0 amide bonds. The molecule has 47 heavy (non-hydrogen) atoms. The van der Waals surface area contributed by atoms with E-state index in [0.717, 1.165) is 63.2 Å². The highest BCUT2D eigenvalue weighted by Gasteiger charge is 2.76. The molecule has 10 rings (SSSR count). The molecule has 3 aromatic rings. The summed E-state index contributed by atoms with van der Waals surface area (Å²) in [5, 5.41) is 1.39. The minimum atomic E-state index is -0.665. The Labute approximate surface area is 278 Å². The number of aromatic amines is 1. The Bertz CT molecular complexity index is 1850. The zero-order valence-corrected chi connectivity index (χ0v) is 28.2. The standard InChI is InChI=1S/C40H48N4O3/c1-4-25-23-43-18-15-39-22-26-19-29-27-12-17-42-16-8-13-38(5-2,24-42)14-11-31(27)41-32(29)21-34(26)47-40(39)35(43)20-28(25)36(37(45)46-3)44(40)33-10-7-6-9-30(33)39/h4,6-7,9-10,19,21,28,35-36,41H,5,8,11-18,20,22-24H2,1-3H3/b25-4-/t28-,35-,36+,38-,39-,40-/m1/s1. The highest BCUT2D eigenvalue weighted by atomic mass is 16.5. The summed E-state index contributed by atoms with van der Waals surface area (Å²) in [5.74, 6) is 0.952. The van der Waals surface area contributed by atoms with E-state index in [-0.39, 0.29) is 23.3 Å². The number of ether oxygens (including phenoxy) is 2. The van der Waals surface area contributed by atoms with Crippen molar-refractivity contribution in [3.05, 3.63) is 70.4 Å². The number of aryl methyl sites for hydroxylation is 1. The number of nitrogens with one attached hydrogen (secondary N) is 1. The van der Waals surface area contributed by atoms with Crippen LogP contribution in [0, 0.1) is 11.3 Å². The monoisotopic (exact) mass is 632 g/mol. The number of H-pyrrole nitrogens is 1. The summed E-state index contributed by atoms with van der Waals surface area (Å²) in [6.45, 7) is 10.1. The second-order valence-electron chi connectivity index (χ2n) is 15.9. The average molecular weight is 633 g/mol. The van der Waals surface area contributed by atoms with Gasteiger partial charge in [-0.25, -0.2) is 4.79 Å². The second kappa shape index (κ2) is 9.88. The minimum Gasteiger partial charge on any atom is -0.467 e. The summed E-state index contributed by atoms with van der Waals surface area (Å²) in [5.41, 5.74) is 8.89. The van der Waals surface area contributed by atoms with E-state index in [2.05, 4.69) is 76.0 Å². The number of fused-ring (bicyclic) bond motifs is 9. The Kier molecular flexibility index (Phi) is 6.03. The first-order valence-electron chi connectivity index (χ1n) is 18.4. The number of esters is 1. The summed E-state index contributed by atoms with van der Waals surface area (Å²) in [6, 6.07) is 13.5. The number of carbonyl (C=O) groups is 1. The van der Waals surface area contributed by atoms with E-state index < -0.39 is 11.8 Å². The Balaban J connectivity index is 1.14. The molecule has 4 fully saturated rings. The number of allylic oxidation sites excluding steroid dienone is 1. The third-order valence-corrected chi connectivity index (χ3v) is 14.3. The van der Waals surface area contributed by atoms with Gasteiger partial charge in [0.2, 0.25) is 5.72 Å². The maximum Gasteiger partial charge on any atom is 0.329 e. The van der Waals surface area contributed by atoms with Gasteiger partial charge in [0, 0.05) is 60.4 Å². The van der Waals surface area contributed by atoms with E-state index >= 15 is 0 Å². The zero-order valence-electron chi connectivity index (χ0n) is 28.2. The van der Waals surface area contributed by atoms with Crippen molar-refractivity contribution in [2.24, 2.45) is 11.3 Å². The molecule has 246 valence electrons. The van der Waals surface area contributed by atoms with E-state index in [9.17, 15) is 4.79 Å². The Morgan fingerprint density at radius 2 is 2.02 bits per heavy atom. The van der Waals surface area contributed by atoms with Gasteiger partial charge in [-0.3, -0.25) is 4.90 Å². The topological polar surface area (TPSA) is 61.0 Å². The Hall–Kier alpha value is -3.29. The number of hydrogen-bond donors (Lipinski definition) is 1. The van der Waals surface area contributed by atoms with Gasteiger partial charge in [-0.1, -0.05) is 36.8 Å². The van der Waals surface area contributed by atoms with Crippen molar-refractivity contribution in [1.82, 2.24) is 14.8 Å². The summed E-state index contributed by atoms with van der Waals surface area (Å²) >= 11 is 0. The number of anilines is 1. The molecule has 0 radical (unpaired) electrons. The van der Waals surface area contributed by atoms with Crippen molar-refractivity contribution in [1.29, 1.82) is 0 Å². The van der Waals surface area contributed by atoms with Crippen LogP contribution in [0.15, 0.2) is 48.0 Å². The molecule has 1 unspecified atom stereocenters. The van der Waals surface area contributed by atoms with E-state index in [4.69, 9.17) is 9.47 Å². The minimum absolute atomic E-state index is 0.113. The first-order chi connectivity index (χ1) is 22.9. The molecule has 0 saturated carbocycles. The fourth-order valence-electron chi connectivity index (χ4n) is 12.0.